The molecule has 5 rings (SSSR count). The Hall–Kier alpha value is -3.35. The lowest BCUT2D eigenvalue weighted by Crippen LogP contribution is -2.22. The van der Waals surface area contributed by atoms with Gasteiger partial charge >= 0.3 is 0 Å². The summed E-state index contributed by atoms with van der Waals surface area (Å²) in [5, 5.41) is 1.26. The van der Waals surface area contributed by atoms with Crippen molar-refractivity contribution in [2.45, 2.75) is 58.0 Å². The normalized spacial score (nSPS) is 15.8. The average molecular weight is 488 g/mol. The van der Waals surface area contributed by atoms with Crippen LogP contribution in [0.2, 0.25) is 0 Å². The zero-order valence-electron chi connectivity index (χ0n) is 20.6. The van der Waals surface area contributed by atoms with E-state index in [0.717, 1.165) is 51.7 Å². The molecule has 0 spiro atoms. The molecule has 6 nitrogen and oxygen atoms in total. The number of nitrogens with zero attached hydrogens (tertiary/aromatic N) is 1. The Morgan fingerprint density at radius 1 is 0.944 bits per heavy atom. The first kappa shape index (κ1) is 24.3. The second-order valence-corrected chi connectivity index (χ2v) is 9.20. The van der Waals surface area contributed by atoms with E-state index in [1.807, 2.05) is 6.07 Å². The van der Waals surface area contributed by atoms with Gasteiger partial charge in [-0.3, -0.25) is 4.79 Å². The summed E-state index contributed by atoms with van der Waals surface area (Å²) < 4.78 is 24.9. The highest BCUT2D eigenvalue weighted by Crippen LogP contribution is 2.28. The van der Waals surface area contributed by atoms with E-state index in [2.05, 4.69) is 59.2 Å². The second-order valence-electron chi connectivity index (χ2n) is 9.20. The molecular weight excluding hydrogens is 454 g/mol. The molecule has 6 heteroatoms. The molecule has 0 radical (unpaired) electrons. The third-order valence-electron chi connectivity index (χ3n) is 6.57. The van der Waals surface area contributed by atoms with Crippen LogP contribution in [-0.2, 0) is 22.6 Å². The smallest absolute Gasteiger partial charge is 0.227 e. The lowest BCUT2D eigenvalue weighted by atomic mass is 10.1. The Labute approximate surface area is 211 Å². The van der Waals surface area contributed by atoms with Crippen LogP contribution in [0.1, 0.15) is 44.3 Å². The van der Waals surface area contributed by atoms with Crippen molar-refractivity contribution in [3.63, 3.8) is 0 Å². The summed E-state index contributed by atoms with van der Waals surface area (Å²) in [5.74, 6) is 0.727. The number of fused-ring (bicyclic) bond motifs is 1. The molecule has 1 atom stereocenters. The van der Waals surface area contributed by atoms with Gasteiger partial charge in [-0.25, -0.2) is 0 Å². The first-order valence-corrected chi connectivity index (χ1v) is 12.9. The average Bonchev–Trinajstić information content (AvgIpc) is 3.30. The topological polar surface area (TPSA) is 62.8 Å². The van der Waals surface area contributed by atoms with Crippen LogP contribution in [0.5, 0.6) is 5.75 Å². The van der Waals surface area contributed by atoms with Gasteiger partial charge in [0.15, 0.2) is 6.29 Å². The van der Waals surface area contributed by atoms with E-state index in [1.165, 1.54) is 34.5 Å². The number of aromatic nitrogens is 1. The Bertz CT molecular complexity index is 1300. The van der Waals surface area contributed by atoms with Crippen LogP contribution in [0.25, 0.3) is 22.2 Å². The highest BCUT2D eigenvalue weighted by atomic mass is 16.7. The molecule has 2 aromatic heterocycles. The standard InChI is InChI=1S/C30H33NO5/c32-28-20-25(21-36-30-15-7-10-18-34-30)35-22-29(28)33-17-9-2-8-16-31-26-14-6-5-13-24(26)19-27(31)23-11-3-1-4-12-23/h1,3-6,11-14,19-20,22,30H,2,7-10,15-18,21H2. The van der Waals surface area contributed by atoms with Gasteiger partial charge in [-0.1, -0.05) is 48.5 Å². The maximum absolute atomic E-state index is 12.4. The minimum atomic E-state index is -0.215. The number of benzene rings is 2. The van der Waals surface area contributed by atoms with Crippen molar-refractivity contribution >= 4 is 10.9 Å². The van der Waals surface area contributed by atoms with Gasteiger partial charge in [-0.05, 0) is 56.2 Å². The van der Waals surface area contributed by atoms with E-state index in [4.69, 9.17) is 18.6 Å². The fraction of sp³-hybridized carbons (Fsp3) is 0.367. The van der Waals surface area contributed by atoms with Crippen LogP contribution in [-0.4, -0.2) is 24.1 Å². The van der Waals surface area contributed by atoms with Crippen LogP contribution < -0.4 is 10.2 Å². The van der Waals surface area contributed by atoms with Crippen molar-refractivity contribution in [1.82, 2.24) is 4.57 Å². The molecule has 0 aliphatic carbocycles. The molecule has 4 aromatic rings. The summed E-state index contributed by atoms with van der Waals surface area (Å²) in [5.41, 5.74) is 3.54. The Kier molecular flexibility index (Phi) is 8.16. The van der Waals surface area contributed by atoms with Crippen LogP contribution >= 0.6 is 0 Å². The van der Waals surface area contributed by atoms with Crippen LogP contribution in [0, 0.1) is 0 Å². The minimum absolute atomic E-state index is 0.185. The monoisotopic (exact) mass is 487 g/mol. The number of ether oxygens (including phenoxy) is 3. The Morgan fingerprint density at radius 3 is 2.64 bits per heavy atom. The molecule has 1 aliphatic rings. The van der Waals surface area contributed by atoms with E-state index in [-0.39, 0.29) is 24.1 Å². The van der Waals surface area contributed by atoms with Crippen molar-refractivity contribution < 1.29 is 18.6 Å². The molecule has 1 unspecified atom stereocenters. The molecule has 188 valence electrons. The summed E-state index contributed by atoms with van der Waals surface area (Å²) in [4.78, 5) is 12.4. The lowest BCUT2D eigenvalue weighted by Gasteiger charge is -2.22. The van der Waals surface area contributed by atoms with Gasteiger partial charge < -0.3 is 23.2 Å². The van der Waals surface area contributed by atoms with E-state index in [1.54, 1.807) is 0 Å². The van der Waals surface area contributed by atoms with Gasteiger partial charge in [0.2, 0.25) is 11.2 Å². The van der Waals surface area contributed by atoms with Crippen molar-refractivity contribution in [2.75, 3.05) is 13.2 Å². The van der Waals surface area contributed by atoms with E-state index in [9.17, 15) is 4.79 Å². The SMILES string of the molecule is O=c1cc(COC2CCCCO2)occ1OCCCCCn1c(-c2ccccc2)cc2ccccc21. The molecule has 1 saturated heterocycles. The molecule has 0 amide bonds. The molecule has 36 heavy (non-hydrogen) atoms. The van der Waals surface area contributed by atoms with Crippen molar-refractivity contribution in [2.24, 2.45) is 0 Å². The van der Waals surface area contributed by atoms with Crippen molar-refractivity contribution in [3.05, 3.63) is 89.0 Å². The lowest BCUT2D eigenvalue weighted by molar-refractivity contribution is -0.171. The minimum Gasteiger partial charge on any atom is -0.487 e. The molecule has 2 aromatic carbocycles. The number of unbranched alkanes of at least 4 members (excludes halogenated alkanes) is 2. The molecular formula is C30H33NO5. The highest BCUT2D eigenvalue weighted by molar-refractivity contribution is 5.87. The van der Waals surface area contributed by atoms with Crippen molar-refractivity contribution in [1.29, 1.82) is 0 Å². The quantitative estimate of drug-likeness (QED) is 0.224. The summed E-state index contributed by atoms with van der Waals surface area (Å²) in [6, 6.07) is 22.8. The zero-order valence-corrected chi connectivity index (χ0v) is 20.6. The fourth-order valence-corrected chi connectivity index (χ4v) is 4.67. The zero-order chi connectivity index (χ0) is 24.6. The highest BCUT2D eigenvalue weighted by Gasteiger charge is 2.15. The van der Waals surface area contributed by atoms with Gasteiger partial charge in [0, 0.05) is 35.8 Å². The molecule has 0 N–H and O–H groups in total. The largest absolute Gasteiger partial charge is 0.487 e. The van der Waals surface area contributed by atoms with E-state index >= 15 is 0 Å². The molecule has 1 fully saturated rings. The summed E-state index contributed by atoms with van der Waals surface area (Å²) in [6.07, 6.45) is 7.10. The summed E-state index contributed by atoms with van der Waals surface area (Å²) in [7, 11) is 0. The van der Waals surface area contributed by atoms with Crippen molar-refractivity contribution in [3.8, 4) is 17.0 Å². The number of hydrogen-bond donors (Lipinski definition) is 0. The first-order chi connectivity index (χ1) is 17.8. The predicted octanol–water partition coefficient (Wildman–Crippen LogP) is 6.55. The van der Waals surface area contributed by atoms with Crippen LogP contribution in [0.3, 0.4) is 0 Å². The van der Waals surface area contributed by atoms with E-state index in [0.29, 0.717) is 12.4 Å². The number of aryl methyl sites for hydroxylation is 1. The maximum atomic E-state index is 12.4. The number of para-hydroxylation sites is 1. The number of hydrogen-bond acceptors (Lipinski definition) is 5. The Morgan fingerprint density at radius 2 is 1.81 bits per heavy atom. The second kappa shape index (κ2) is 12.1. The predicted molar refractivity (Wildman–Crippen MR) is 140 cm³/mol. The third-order valence-corrected chi connectivity index (χ3v) is 6.57. The molecule has 0 bridgehead atoms. The van der Waals surface area contributed by atoms with Gasteiger partial charge in [0.25, 0.3) is 0 Å². The summed E-state index contributed by atoms with van der Waals surface area (Å²) in [6.45, 7) is 2.35. The van der Waals surface area contributed by atoms with Crippen LogP contribution in [0.4, 0.5) is 0 Å². The number of rotatable bonds is 11. The Balaban J connectivity index is 1.10. The first-order valence-electron chi connectivity index (χ1n) is 12.9. The summed E-state index contributed by atoms with van der Waals surface area (Å²) >= 11 is 0. The van der Waals surface area contributed by atoms with Gasteiger partial charge in [0.1, 0.15) is 18.6 Å². The van der Waals surface area contributed by atoms with Gasteiger partial charge in [0.05, 0.1) is 6.61 Å². The molecule has 3 heterocycles. The van der Waals surface area contributed by atoms with E-state index < -0.39 is 0 Å². The van der Waals surface area contributed by atoms with Crippen LogP contribution in [0.15, 0.2) is 82.2 Å². The third kappa shape index (κ3) is 6.07. The molecule has 1 aliphatic heterocycles. The maximum Gasteiger partial charge on any atom is 0.227 e. The van der Waals surface area contributed by atoms with Gasteiger partial charge in [-0.2, -0.15) is 0 Å². The molecule has 0 saturated carbocycles. The van der Waals surface area contributed by atoms with Gasteiger partial charge in [-0.15, -0.1) is 0 Å². The fourth-order valence-electron chi connectivity index (χ4n) is 4.67.